The van der Waals surface area contributed by atoms with Crippen LogP contribution in [0.3, 0.4) is 0 Å². The Morgan fingerprint density at radius 1 is 1.39 bits per heavy atom. The summed E-state index contributed by atoms with van der Waals surface area (Å²) in [5.41, 5.74) is 1.64. The van der Waals surface area contributed by atoms with Gasteiger partial charge in [0.2, 0.25) is 0 Å². The maximum Gasteiger partial charge on any atom is 0.255 e. The zero-order valence-electron chi connectivity index (χ0n) is 11.0. The van der Waals surface area contributed by atoms with Crippen molar-refractivity contribution in [2.45, 2.75) is 51.5 Å². The van der Waals surface area contributed by atoms with Crippen LogP contribution >= 0.6 is 0 Å². The molecule has 0 unspecified atom stereocenters. The van der Waals surface area contributed by atoms with Gasteiger partial charge in [0.15, 0.2) is 0 Å². The lowest BCUT2D eigenvalue weighted by Crippen LogP contribution is -2.52. The minimum absolute atomic E-state index is 0.00862. The van der Waals surface area contributed by atoms with E-state index in [-0.39, 0.29) is 12.5 Å². The number of nitrogens with one attached hydrogen (secondary N) is 2. The average molecular weight is 251 g/mol. The smallest absolute Gasteiger partial charge is 0.255 e. The number of nitrogens with zero attached hydrogens (tertiary/aromatic N) is 1. The summed E-state index contributed by atoms with van der Waals surface area (Å²) in [6.45, 7) is 3.65. The fourth-order valence-corrected chi connectivity index (χ4v) is 2.74. The molecule has 1 heterocycles. The third kappa shape index (κ3) is 2.41. The Hall–Kier alpha value is -1.36. The number of aromatic amines is 1. The van der Waals surface area contributed by atoms with Gasteiger partial charge in [-0.15, -0.1) is 0 Å². The summed E-state index contributed by atoms with van der Waals surface area (Å²) in [6.07, 6.45) is 5.01. The summed E-state index contributed by atoms with van der Waals surface area (Å²) in [7, 11) is 0. The molecule has 100 valence electrons. The second-order valence-electron chi connectivity index (χ2n) is 5.26. The number of aryl methyl sites for hydroxylation is 2. The summed E-state index contributed by atoms with van der Waals surface area (Å²) in [4.78, 5) is 12.3. The summed E-state index contributed by atoms with van der Waals surface area (Å²) >= 11 is 0. The molecule has 1 aliphatic carbocycles. The molecular formula is C13H21N3O2. The highest BCUT2D eigenvalue weighted by Crippen LogP contribution is 2.28. The summed E-state index contributed by atoms with van der Waals surface area (Å²) in [5, 5.41) is 19.4. The van der Waals surface area contributed by atoms with Crippen LogP contribution in [0.15, 0.2) is 0 Å². The first-order valence-corrected chi connectivity index (χ1v) is 6.53. The van der Waals surface area contributed by atoms with Crippen LogP contribution in [0.25, 0.3) is 0 Å². The van der Waals surface area contributed by atoms with E-state index in [0.29, 0.717) is 11.3 Å². The van der Waals surface area contributed by atoms with E-state index < -0.39 is 5.54 Å². The van der Waals surface area contributed by atoms with Crippen LogP contribution in [0, 0.1) is 13.8 Å². The number of aliphatic hydroxyl groups excluding tert-OH is 1. The molecule has 1 aromatic rings. The highest BCUT2D eigenvalue weighted by Gasteiger charge is 2.34. The molecule has 18 heavy (non-hydrogen) atoms. The number of rotatable bonds is 3. The zero-order chi connectivity index (χ0) is 13.2. The predicted octanol–water partition coefficient (Wildman–Crippen LogP) is 1.45. The summed E-state index contributed by atoms with van der Waals surface area (Å²) in [6, 6.07) is 0. The maximum absolute atomic E-state index is 12.3. The molecule has 3 N–H and O–H groups in total. The number of aliphatic hydroxyl groups is 1. The molecule has 0 aromatic carbocycles. The Balaban J connectivity index is 2.15. The second kappa shape index (κ2) is 5.10. The van der Waals surface area contributed by atoms with Crippen LogP contribution in [0.2, 0.25) is 0 Å². The number of H-pyrrole nitrogens is 1. The number of amides is 1. The van der Waals surface area contributed by atoms with Crippen molar-refractivity contribution in [1.29, 1.82) is 0 Å². The van der Waals surface area contributed by atoms with Gasteiger partial charge >= 0.3 is 0 Å². The summed E-state index contributed by atoms with van der Waals surface area (Å²) in [5.74, 6) is -0.130. The second-order valence-corrected chi connectivity index (χ2v) is 5.26. The topological polar surface area (TPSA) is 78.0 Å². The standard InChI is InChI=1S/C13H21N3O2/c1-9-11(10(2)16-15-9)12(18)14-13(8-17)6-4-3-5-7-13/h17H,3-8H2,1-2H3,(H,14,18)(H,15,16). The number of hydrogen-bond acceptors (Lipinski definition) is 3. The van der Waals surface area contributed by atoms with Gasteiger partial charge in [-0.25, -0.2) is 0 Å². The van der Waals surface area contributed by atoms with Gasteiger partial charge < -0.3 is 10.4 Å². The lowest BCUT2D eigenvalue weighted by molar-refractivity contribution is 0.0757. The Morgan fingerprint density at radius 2 is 2.06 bits per heavy atom. The fraction of sp³-hybridized carbons (Fsp3) is 0.692. The molecule has 1 aromatic heterocycles. The van der Waals surface area contributed by atoms with Gasteiger partial charge in [-0.3, -0.25) is 9.89 Å². The zero-order valence-corrected chi connectivity index (χ0v) is 11.0. The maximum atomic E-state index is 12.3. The van der Waals surface area contributed by atoms with Crippen molar-refractivity contribution >= 4 is 5.91 Å². The van der Waals surface area contributed by atoms with E-state index in [0.717, 1.165) is 31.4 Å². The van der Waals surface area contributed by atoms with Crippen LogP contribution in [0.1, 0.15) is 53.8 Å². The van der Waals surface area contributed by atoms with Crippen molar-refractivity contribution in [3.8, 4) is 0 Å². The molecule has 1 fully saturated rings. The molecular weight excluding hydrogens is 230 g/mol. The van der Waals surface area contributed by atoms with E-state index in [1.807, 2.05) is 13.8 Å². The lowest BCUT2D eigenvalue weighted by atomic mass is 9.82. The predicted molar refractivity (Wildman–Crippen MR) is 68.4 cm³/mol. The van der Waals surface area contributed by atoms with Crippen LogP contribution < -0.4 is 5.32 Å². The quantitative estimate of drug-likeness (QED) is 0.761. The van der Waals surface area contributed by atoms with Gasteiger partial charge in [-0.05, 0) is 26.7 Å². The molecule has 0 saturated heterocycles. The van der Waals surface area contributed by atoms with Crippen LogP contribution in [-0.2, 0) is 0 Å². The van der Waals surface area contributed by atoms with Gasteiger partial charge in [0.25, 0.3) is 5.91 Å². The van der Waals surface area contributed by atoms with Gasteiger partial charge in [0.1, 0.15) is 0 Å². The minimum Gasteiger partial charge on any atom is -0.394 e. The average Bonchev–Trinajstić information content (AvgIpc) is 2.70. The molecule has 1 aliphatic rings. The van der Waals surface area contributed by atoms with E-state index >= 15 is 0 Å². The van der Waals surface area contributed by atoms with Crippen molar-refractivity contribution in [3.05, 3.63) is 17.0 Å². The number of carbonyl (C=O) groups excluding carboxylic acids is 1. The molecule has 5 nitrogen and oxygen atoms in total. The Labute approximate surface area is 107 Å². The molecule has 0 aliphatic heterocycles. The first-order valence-electron chi connectivity index (χ1n) is 6.53. The molecule has 1 amide bonds. The van der Waals surface area contributed by atoms with Gasteiger partial charge in [0, 0.05) is 5.69 Å². The third-order valence-corrected chi connectivity index (χ3v) is 3.85. The molecule has 5 heteroatoms. The monoisotopic (exact) mass is 251 g/mol. The first kappa shape index (κ1) is 13.1. The van der Waals surface area contributed by atoms with E-state index in [9.17, 15) is 9.90 Å². The number of carbonyl (C=O) groups is 1. The van der Waals surface area contributed by atoms with Gasteiger partial charge in [-0.2, -0.15) is 5.10 Å². The van der Waals surface area contributed by atoms with E-state index in [4.69, 9.17) is 0 Å². The fourth-order valence-electron chi connectivity index (χ4n) is 2.74. The molecule has 1 saturated carbocycles. The lowest BCUT2D eigenvalue weighted by Gasteiger charge is -2.36. The van der Waals surface area contributed by atoms with Crippen molar-refractivity contribution in [1.82, 2.24) is 15.5 Å². The summed E-state index contributed by atoms with van der Waals surface area (Å²) < 4.78 is 0. The molecule has 2 rings (SSSR count). The minimum atomic E-state index is -0.439. The first-order chi connectivity index (χ1) is 8.58. The van der Waals surface area contributed by atoms with Crippen molar-refractivity contribution in [3.63, 3.8) is 0 Å². The molecule has 0 spiro atoms. The van der Waals surface area contributed by atoms with Crippen LogP contribution in [-0.4, -0.2) is 33.4 Å². The van der Waals surface area contributed by atoms with Crippen molar-refractivity contribution in [2.75, 3.05) is 6.61 Å². The third-order valence-electron chi connectivity index (χ3n) is 3.85. The molecule has 0 radical (unpaired) electrons. The van der Waals surface area contributed by atoms with Crippen LogP contribution in [0.5, 0.6) is 0 Å². The van der Waals surface area contributed by atoms with Gasteiger partial charge in [0.05, 0.1) is 23.4 Å². The number of aromatic nitrogens is 2. The Bertz CT molecular complexity index is 414. The van der Waals surface area contributed by atoms with Crippen molar-refractivity contribution < 1.29 is 9.90 Å². The van der Waals surface area contributed by atoms with Gasteiger partial charge in [-0.1, -0.05) is 19.3 Å². The highest BCUT2D eigenvalue weighted by atomic mass is 16.3. The van der Waals surface area contributed by atoms with E-state index in [1.165, 1.54) is 6.42 Å². The van der Waals surface area contributed by atoms with E-state index in [2.05, 4.69) is 15.5 Å². The largest absolute Gasteiger partial charge is 0.394 e. The van der Waals surface area contributed by atoms with Crippen LogP contribution in [0.4, 0.5) is 0 Å². The molecule has 0 atom stereocenters. The Kier molecular flexibility index (Phi) is 3.71. The highest BCUT2D eigenvalue weighted by molar-refractivity contribution is 5.96. The van der Waals surface area contributed by atoms with Crippen molar-refractivity contribution in [2.24, 2.45) is 0 Å². The normalized spacial score (nSPS) is 18.6. The van der Waals surface area contributed by atoms with E-state index in [1.54, 1.807) is 0 Å². The Morgan fingerprint density at radius 3 is 2.56 bits per heavy atom. The molecule has 0 bridgehead atoms. The SMILES string of the molecule is Cc1n[nH]c(C)c1C(=O)NC1(CO)CCCCC1. The number of hydrogen-bond donors (Lipinski definition) is 3.